The van der Waals surface area contributed by atoms with E-state index < -0.39 is 0 Å². The molecular formula is C20H25ClN2O2. The Morgan fingerprint density at radius 3 is 2.80 bits per heavy atom. The van der Waals surface area contributed by atoms with Gasteiger partial charge in [0, 0.05) is 49.6 Å². The summed E-state index contributed by atoms with van der Waals surface area (Å²) in [5.41, 5.74) is 2.22. The van der Waals surface area contributed by atoms with E-state index >= 15 is 0 Å². The van der Waals surface area contributed by atoms with Crippen molar-refractivity contribution in [2.45, 2.75) is 32.4 Å². The molecule has 25 heavy (non-hydrogen) atoms. The Hall–Kier alpha value is -1.78. The highest BCUT2D eigenvalue weighted by molar-refractivity contribution is 6.31. The number of hydrogen-bond acceptors (Lipinski definition) is 2. The lowest BCUT2D eigenvalue weighted by molar-refractivity contribution is -0.133. The third-order valence-corrected chi connectivity index (χ3v) is 4.96. The van der Waals surface area contributed by atoms with Crippen LogP contribution in [0.4, 0.5) is 0 Å². The Morgan fingerprint density at radius 2 is 2.08 bits per heavy atom. The zero-order valence-corrected chi connectivity index (χ0v) is 15.4. The standard InChI is InChI=1S/C20H25ClN2O2/c1-25-13-5-12-23(20(24)16-9-10-16)15-18-7-4-11-22(18)14-17-6-2-3-8-19(17)21/h2-4,6-8,11,16H,5,9-10,12-15H2,1H3. The summed E-state index contributed by atoms with van der Waals surface area (Å²) in [5.74, 6) is 0.510. The normalized spacial score (nSPS) is 13.8. The number of methoxy groups -OCH3 is 1. The van der Waals surface area contributed by atoms with Gasteiger partial charge in [0.05, 0.1) is 6.54 Å². The molecule has 1 aromatic carbocycles. The van der Waals surface area contributed by atoms with Crippen LogP contribution in [-0.2, 0) is 22.6 Å². The van der Waals surface area contributed by atoms with Gasteiger partial charge in [-0.15, -0.1) is 0 Å². The molecule has 0 bridgehead atoms. The van der Waals surface area contributed by atoms with Crippen LogP contribution in [0.15, 0.2) is 42.6 Å². The molecule has 1 fully saturated rings. The molecule has 2 aromatic rings. The van der Waals surface area contributed by atoms with E-state index in [4.69, 9.17) is 16.3 Å². The number of carbonyl (C=O) groups excluding carboxylic acids is 1. The van der Waals surface area contributed by atoms with Crippen LogP contribution in [0.1, 0.15) is 30.5 Å². The van der Waals surface area contributed by atoms with E-state index in [1.54, 1.807) is 7.11 Å². The van der Waals surface area contributed by atoms with Crippen molar-refractivity contribution in [2.24, 2.45) is 5.92 Å². The second-order valence-corrected chi connectivity index (χ2v) is 7.01. The maximum Gasteiger partial charge on any atom is 0.226 e. The van der Waals surface area contributed by atoms with E-state index in [9.17, 15) is 4.79 Å². The molecule has 0 unspecified atom stereocenters. The van der Waals surface area contributed by atoms with Gasteiger partial charge in [-0.1, -0.05) is 29.8 Å². The summed E-state index contributed by atoms with van der Waals surface area (Å²) in [6.45, 7) is 2.76. The van der Waals surface area contributed by atoms with Gasteiger partial charge in [-0.25, -0.2) is 0 Å². The lowest BCUT2D eigenvalue weighted by Gasteiger charge is -2.24. The molecule has 5 heteroatoms. The average Bonchev–Trinajstić information content (AvgIpc) is 3.37. The van der Waals surface area contributed by atoms with Gasteiger partial charge in [0.25, 0.3) is 0 Å². The van der Waals surface area contributed by atoms with Gasteiger partial charge in [0.15, 0.2) is 0 Å². The van der Waals surface area contributed by atoms with E-state index in [0.29, 0.717) is 19.7 Å². The predicted octanol–water partition coefficient (Wildman–Crippen LogP) is 3.96. The van der Waals surface area contributed by atoms with Crippen LogP contribution in [0.5, 0.6) is 0 Å². The summed E-state index contributed by atoms with van der Waals surface area (Å²) in [4.78, 5) is 14.6. The molecule has 1 saturated carbocycles. The van der Waals surface area contributed by atoms with Gasteiger partial charge in [0.2, 0.25) is 5.91 Å². The minimum atomic E-state index is 0.231. The van der Waals surface area contributed by atoms with Crippen LogP contribution in [-0.4, -0.2) is 35.6 Å². The summed E-state index contributed by atoms with van der Waals surface area (Å²) in [6.07, 6.45) is 4.97. The molecule has 4 nitrogen and oxygen atoms in total. The first-order valence-electron chi connectivity index (χ1n) is 8.84. The van der Waals surface area contributed by atoms with Gasteiger partial charge < -0.3 is 14.2 Å². The summed E-state index contributed by atoms with van der Waals surface area (Å²) < 4.78 is 7.31. The topological polar surface area (TPSA) is 34.5 Å². The molecule has 0 saturated heterocycles. The molecular weight excluding hydrogens is 336 g/mol. The molecule has 1 heterocycles. The third-order valence-electron chi connectivity index (χ3n) is 4.59. The van der Waals surface area contributed by atoms with E-state index in [-0.39, 0.29) is 11.8 Å². The number of aromatic nitrogens is 1. The minimum absolute atomic E-state index is 0.231. The van der Waals surface area contributed by atoms with E-state index in [0.717, 1.165) is 42.1 Å². The van der Waals surface area contributed by atoms with Crippen molar-refractivity contribution in [3.63, 3.8) is 0 Å². The zero-order valence-electron chi connectivity index (χ0n) is 14.7. The number of amides is 1. The highest BCUT2D eigenvalue weighted by atomic mass is 35.5. The van der Waals surface area contributed by atoms with Gasteiger partial charge in [0.1, 0.15) is 0 Å². The highest BCUT2D eigenvalue weighted by Gasteiger charge is 2.33. The predicted molar refractivity (Wildman–Crippen MR) is 99.6 cm³/mol. The monoisotopic (exact) mass is 360 g/mol. The van der Waals surface area contributed by atoms with Gasteiger partial charge in [-0.05, 0) is 43.0 Å². The highest BCUT2D eigenvalue weighted by Crippen LogP contribution is 2.31. The minimum Gasteiger partial charge on any atom is -0.385 e. The SMILES string of the molecule is COCCCN(Cc1cccn1Cc1ccccc1Cl)C(=O)C1CC1. The molecule has 0 radical (unpaired) electrons. The van der Waals surface area contributed by atoms with Crippen molar-refractivity contribution >= 4 is 17.5 Å². The second-order valence-electron chi connectivity index (χ2n) is 6.60. The maximum atomic E-state index is 12.6. The number of rotatable bonds is 9. The average molecular weight is 361 g/mol. The van der Waals surface area contributed by atoms with Crippen molar-refractivity contribution in [2.75, 3.05) is 20.3 Å². The van der Waals surface area contributed by atoms with Crippen LogP contribution < -0.4 is 0 Å². The fraction of sp³-hybridized carbons (Fsp3) is 0.450. The summed E-state index contributed by atoms with van der Waals surface area (Å²) in [5, 5.41) is 0.771. The van der Waals surface area contributed by atoms with Crippen LogP contribution in [0, 0.1) is 5.92 Å². The molecule has 0 spiro atoms. The van der Waals surface area contributed by atoms with Crippen molar-refractivity contribution in [3.05, 3.63) is 58.9 Å². The first-order valence-corrected chi connectivity index (χ1v) is 9.22. The molecule has 3 rings (SSSR count). The Kier molecular flexibility index (Phi) is 6.16. The van der Waals surface area contributed by atoms with Crippen molar-refractivity contribution in [3.8, 4) is 0 Å². The number of ether oxygens (including phenoxy) is 1. The summed E-state index contributed by atoms with van der Waals surface area (Å²) in [6, 6.07) is 12.0. The van der Waals surface area contributed by atoms with Crippen LogP contribution in [0.3, 0.4) is 0 Å². The van der Waals surface area contributed by atoms with E-state index in [2.05, 4.69) is 10.6 Å². The first-order chi connectivity index (χ1) is 12.2. The fourth-order valence-electron chi connectivity index (χ4n) is 3.01. The molecule has 1 aromatic heterocycles. The van der Waals surface area contributed by atoms with Crippen LogP contribution >= 0.6 is 11.6 Å². The summed E-state index contributed by atoms with van der Waals surface area (Å²) >= 11 is 6.29. The number of halogens is 1. The van der Waals surface area contributed by atoms with Crippen LogP contribution in [0.2, 0.25) is 5.02 Å². The third kappa shape index (κ3) is 4.86. The van der Waals surface area contributed by atoms with Crippen molar-refractivity contribution in [1.82, 2.24) is 9.47 Å². The largest absolute Gasteiger partial charge is 0.385 e. The zero-order chi connectivity index (χ0) is 17.6. The van der Waals surface area contributed by atoms with Crippen molar-refractivity contribution < 1.29 is 9.53 Å². The fourth-order valence-corrected chi connectivity index (χ4v) is 3.20. The summed E-state index contributed by atoms with van der Waals surface area (Å²) in [7, 11) is 1.70. The smallest absolute Gasteiger partial charge is 0.226 e. The van der Waals surface area contributed by atoms with Crippen LogP contribution in [0.25, 0.3) is 0 Å². The number of hydrogen-bond donors (Lipinski definition) is 0. The number of benzene rings is 1. The lowest BCUT2D eigenvalue weighted by Crippen LogP contribution is -2.34. The Morgan fingerprint density at radius 1 is 1.28 bits per heavy atom. The first kappa shape index (κ1) is 18.0. The van der Waals surface area contributed by atoms with Crippen molar-refractivity contribution in [1.29, 1.82) is 0 Å². The molecule has 0 N–H and O–H groups in total. The van der Waals surface area contributed by atoms with Gasteiger partial charge in [-0.2, -0.15) is 0 Å². The molecule has 0 aliphatic heterocycles. The number of nitrogens with zero attached hydrogens (tertiary/aromatic N) is 2. The van der Waals surface area contributed by atoms with Gasteiger partial charge in [-0.3, -0.25) is 4.79 Å². The molecule has 1 aliphatic rings. The maximum absolute atomic E-state index is 12.6. The van der Waals surface area contributed by atoms with E-state index in [1.165, 1.54) is 0 Å². The molecule has 134 valence electrons. The molecule has 1 aliphatic carbocycles. The van der Waals surface area contributed by atoms with Gasteiger partial charge >= 0.3 is 0 Å². The molecule has 0 atom stereocenters. The Bertz CT molecular complexity index is 709. The quantitative estimate of drug-likeness (QED) is 0.634. The Balaban J connectivity index is 1.70. The second kappa shape index (κ2) is 8.54. The van der Waals surface area contributed by atoms with E-state index in [1.807, 2.05) is 41.4 Å². The Labute approximate surface area is 154 Å². The number of carbonyl (C=O) groups is 1. The molecule has 1 amide bonds. The lowest BCUT2D eigenvalue weighted by atomic mass is 10.2.